The van der Waals surface area contributed by atoms with Crippen LogP contribution in [0.4, 0.5) is 5.69 Å². The number of amides is 10. The largest absolute Gasteiger partial charge is 0.458 e. The van der Waals surface area contributed by atoms with E-state index in [1.165, 1.54) is 80.7 Å². The number of nitrogens with zero attached hydrogens (tertiary/aromatic N) is 7. The van der Waals surface area contributed by atoms with E-state index in [0.717, 1.165) is 9.80 Å². The van der Waals surface area contributed by atoms with Crippen molar-refractivity contribution in [2.75, 3.05) is 60.1 Å². The molecule has 0 spiro atoms. The second kappa shape index (κ2) is 26.9. The molecule has 1 aromatic rings. The minimum absolute atomic E-state index is 0.0773. The lowest BCUT2D eigenvalue weighted by Gasteiger charge is -2.44. The minimum Gasteiger partial charge on any atom is -0.458 e. The van der Waals surface area contributed by atoms with Gasteiger partial charge in [0.15, 0.2) is 11.3 Å². The van der Waals surface area contributed by atoms with Gasteiger partial charge in [-0.2, -0.15) is 0 Å². The van der Waals surface area contributed by atoms with Crippen molar-refractivity contribution in [3.63, 3.8) is 0 Å². The minimum atomic E-state index is -1.88. The first kappa shape index (κ1) is 67.8. The van der Waals surface area contributed by atoms with Gasteiger partial charge in [0.05, 0.1) is 29.9 Å². The van der Waals surface area contributed by atoms with E-state index in [1.807, 2.05) is 0 Å². The third-order valence-corrected chi connectivity index (χ3v) is 17.3. The van der Waals surface area contributed by atoms with E-state index in [2.05, 4.69) is 21.3 Å². The third kappa shape index (κ3) is 13.5. The molecule has 0 saturated carbocycles. The van der Waals surface area contributed by atoms with Gasteiger partial charge in [-0.3, -0.25) is 52.7 Å². The maximum absolute atomic E-state index is 15.2. The zero-order chi connectivity index (χ0) is 66.3. The van der Waals surface area contributed by atoms with Crippen LogP contribution in [0.15, 0.2) is 21.3 Å². The molecule has 6 N–H and O–H groups in total. The Labute approximate surface area is 515 Å². The normalized spacial score (nSPS) is 26.2. The molecule has 6 aliphatic rings. The average Bonchev–Trinajstić information content (AvgIpc) is 0.926. The average molecular weight is 1240 g/mol. The number of esters is 2. The highest BCUT2D eigenvalue weighted by Crippen LogP contribution is 2.35. The Kier molecular flexibility index (Phi) is 20.5. The van der Waals surface area contributed by atoms with E-state index >= 15 is 9.59 Å². The van der Waals surface area contributed by atoms with Gasteiger partial charge < -0.3 is 70.3 Å². The summed E-state index contributed by atoms with van der Waals surface area (Å²) in [6.07, 6.45) is -2.10. The standard InChI is InChI=1S/C61H84N12O16/c1-26(2)41-58(83)72-22-17-18-35(72)56(81)68(13)24-37(74)70(15)48(29(7)8)61(86)88-33(12)44(55(80)64-41)67-53(78)39-40(62)49(76)31(10)51-46(39)63-45-34(20-19-30(9)50(45)89-51)52(77)66-43-32(11)87-60(85)47(28(5)6)71(16)38(75)25-69(14)57(82)36-21-23-73(36)59(84)42(27(3)4)65-54(43)79/h19-20,26-29,32-33,35-36,41-44,47-48H,17-18,21-25,62H2,1-16H3,(H,64,80)(H,65,79)(H,66,77)(H,67,78). The molecule has 5 aliphatic heterocycles. The summed E-state index contributed by atoms with van der Waals surface area (Å²) in [4.78, 5) is 198. The number of carbonyl (C=O) groups is 12. The van der Waals surface area contributed by atoms with E-state index in [9.17, 15) is 52.7 Å². The summed E-state index contributed by atoms with van der Waals surface area (Å²) >= 11 is 0. The van der Waals surface area contributed by atoms with Gasteiger partial charge in [-0.05, 0) is 82.3 Å². The number of carbonyl (C=O) groups excluding carboxylic acids is 12. The Morgan fingerprint density at radius 2 is 1.07 bits per heavy atom. The van der Waals surface area contributed by atoms with Crippen molar-refractivity contribution in [2.45, 2.75) is 163 Å². The van der Waals surface area contributed by atoms with E-state index in [0.29, 0.717) is 12.0 Å². The second-order valence-electron chi connectivity index (χ2n) is 25.2. The van der Waals surface area contributed by atoms with Crippen LogP contribution in [0.25, 0.3) is 22.6 Å². The molecule has 10 amide bonds. The number of likely N-dealkylation sites (N-methyl/N-ethyl adjacent to an activating group) is 4. The van der Waals surface area contributed by atoms with Crippen LogP contribution in [0.1, 0.15) is 120 Å². The Balaban J connectivity index is 1.32. The van der Waals surface area contributed by atoms with Crippen LogP contribution < -0.4 is 32.4 Å². The third-order valence-electron chi connectivity index (χ3n) is 17.3. The van der Waals surface area contributed by atoms with Gasteiger partial charge in [-0.25, -0.2) is 14.6 Å². The molecule has 484 valence electrons. The van der Waals surface area contributed by atoms with Gasteiger partial charge in [0.25, 0.3) is 11.8 Å². The molecule has 0 aromatic heterocycles. The molecule has 89 heavy (non-hydrogen) atoms. The lowest BCUT2D eigenvalue weighted by atomic mass is 9.95. The summed E-state index contributed by atoms with van der Waals surface area (Å²) in [5.41, 5.74) is 3.55. The fourth-order valence-electron chi connectivity index (χ4n) is 11.9. The molecule has 1 aliphatic carbocycles. The molecule has 28 heteroatoms. The van der Waals surface area contributed by atoms with Crippen molar-refractivity contribution in [3.05, 3.63) is 44.6 Å². The second-order valence-corrected chi connectivity index (χ2v) is 25.2. The number of nitrogens with one attached hydrogen (secondary N) is 4. The van der Waals surface area contributed by atoms with Crippen LogP contribution in [-0.2, 0) is 57.4 Å². The first-order valence-electron chi connectivity index (χ1n) is 30.0. The number of hydrogen-bond donors (Lipinski definition) is 5. The smallest absolute Gasteiger partial charge is 0.329 e. The Bertz CT molecular complexity index is 3400. The fourth-order valence-corrected chi connectivity index (χ4v) is 11.9. The van der Waals surface area contributed by atoms with Crippen LogP contribution in [0.3, 0.4) is 0 Å². The Hall–Kier alpha value is -8.72. The number of cyclic esters (lactones) is 2. The number of fused-ring (bicyclic) bond motifs is 4. The molecule has 4 saturated heterocycles. The molecule has 28 nitrogen and oxygen atoms in total. The molecule has 4 fully saturated rings. The summed E-state index contributed by atoms with van der Waals surface area (Å²) < 4.78 is 18.3. The number of rotatable bonds is 8. The molecule has 0 bridgehead atoms. The van der Waals surface area contributed by atoms with Crippen LogP contribution in [0.5, 0.6) is 0 Å². The number of aromatic nitrogens is 1. The fraction of sp³-hybridized carbons (Fsp3) is 0.607. The summed E-state index contributed by atoms with van der Waals surface area (Å²) in [5, 5.41) is 10.6. The number of hydrogen-bond acceptors (Lipinski definition) is 18. The molecule has 7 rings (SSSR count). The number of nitrogen functional groups attached to an aromatic ring is 1. The highest BCUT2D eigenvalue weighted by Gasteiger charge is 2.47. The maximum atomic E-state index is 15.2. The van der Waals surface area contributed by atoms with Gasteiger partial charge in [-0.15, -0.1) is 0 Å². The van der Waals surface area contributed by atoms with Crippen LogP contribution >= 0.6 is 0 Å². The van der Waals surface area contributed by atoms with Crippen molar-refractivity contribution < 1.29 is 71.4 Å². The molecule has 0 radical (unpaired) electrons. The Morgan fingerprint density at radius 3 is 1.51 bits per heavy atom. The molecule has 1 aromatic carbocycles. The van der Waals surface area contributed by atoms with Crippen molar-refractivity contribution in [2.24, 2.45) is 23.7 Å². The lowest BCUT2D eigenvalue weighted by molar-refractivity contribution is -0.164. The quantitative estimate of drug-likeness (QED) is 0.115. The predicted octanol–water partition coefficient (Wildman–Crippen LogP) is 0.336. The van der Waals surface area contributed by atoms with Gasteiger partial charge >= 0.3 is 11.9 Å². The van der Waals surface area contributed by atoms with Crippen LogP contribution in [-0.4, -0.2) is 220 Å². The monoisotopic (exact) mass is 1240 g/mol. The molecular weight excluding hydrogens is 1160 g/mol. The zero-order valence-electron chi connectivity index (χ0n) is 53.4. The summed E-state index contributed by atoms with van der Waals surface area (Å²) in [7, 11) is 5.56. The predicted molar refractivity (Wildman–Crippen MR) is 321 cm³/mol. The van der Waals surface area contributed by atoms with Crippen molar-refractivity contribution in [1.82, 2.24) is 55.7 Å². The van der Waals surface area contributed by atoms with Gasteiger partial charge in [0, 0.05) is 46.8 Å². The van der Waals surface area contributed by atoms with Crippen molar-refractivity contribution in [1.29, 1.82) is 0 Å². The molecular formula is C61H84N12O16. The number of anilines is 1. The van der Waals surface area contributed by atoms with Gasteiger partial charge in [0.1, 0.15) is 71.8 Å². The maximum Gasteiger partial charge on any atom is 0.329 e. The van der Waals surface area contributed by atoms with Crippen LogP contribution in [0, 0.1) is 37.5 Å². The Morgan fingerprint density at radius 1 is 0.618 bits per heavy atom. The van der Waals surface area contributed by atoms with Crippen LogP contribution in [0.2, 0.25) is 0 Å². The number of benzene rings is 2. The highest BCUT2D eigenvalue weighted by molar-refractivity contribution is 6.10. The van der Waals surface area contributed by atoms with Gasteiger partial charge in [0.2, 0.25) is 52.7 Å². The first-order chi connectivity index (χ1) is 41.6. The van der Waals surface area contributed by atoms with Gasteiger partial charge in [-0.1, -0.05) is 61.5 Å². The van der Waals surface area contributed by atoms with Crippen molar-refractivity contribution >= 4 is 87.8 Å². The highest BCUT2D eigenvalue weighted by atomic mass is 16.6. The summed E-state index contributed by atoms with van der Waals surface area (Å²) in [6, 6.07) is -7.88. The summed E-state index contributed by atoms with van der Waals surface area (Å²) in [5.74, 6) is -12.4. The van der Waals surface area contributed by atoms with E-state index in [-0.39, 0.29) is 53.9 Å². The molecule has 5 heterocycles. The topological polar surface area (TPSA) is 360 Å². The molecule has 10 atom stereocenters. The summed E-state index contributed by atoms with van der Waals surface area (Å²) in [6.45, 7) is 18.3. The van der Waals surface area contributed by atoms with E-state index in [4.69, 9.17) is 24.6 Å². The lowest BCUT2D eigenvalue weighted by Crippen LogP contribution is -2.65. The molecule has 10 unspecified atom stereocenters. The number of aryl methyl sites for hydroxylation is 1. The SMILES string of the molecule is Cc1c2oc3c(C)ccc(C(=O)NC4C(=O)NC(C(C)C)C(=O)N5CCC5C(=O)N(C)CC(=O)N(C)C(C(C)C)C(=O)OC4C)c3nc-2c(C(=O)NC2C(=O)NC(C(C)C)C(=O)N3CCCC3C(=O)N(C)CC(=O)N(C)C(C(C)C)C(=O)OC2C)c(N)c1=O. The zero-order valence-corrected chi connectivity index (χ0v) is 53.4. The first-order valence-corrected chi connectivity index (χ1v) is 30.0. The van der Waals surface area contributed by atoms with E-state index in [1.54, 1.807) is 62.3 Å². The number of nitrogens with two attached hydrogens (primary N) is 1. The van der Waals surface area contributed by atoms with Crippen molar-refractivity contribution in [3.8, 4) is 11.5 Å². The number of ether oxygens (including phenoxy) is 2. The van der Waals surface area contributed by atoms with E-state index < -0.39 is 191 Å².